The van der Waals surface area contributed by atoms with Gasteiger partial charge in [0.15, 0.2) is 5.78 Å². The summed E-state index contributed by atoms with van der Waals surface area (Å²) in [5.74, 6) is 0.781. The minimum Gasteiger partial charge on any atom is -0.469 e. The molecule has 88 valence electrons. The third-order valence-electron chi connectivity index (χ3n) is 2.99. The Morgan fingerprint density at radius 3 is 2.56 bits per heavy atom. The molecule has 0 unspecified atom stereocenters. The van der Waals surface area contributed by atoms with Crippen molar-refractivity contribution in [2.24, 2.45) is 0 Å². The van der Waals surface area contributed by atoms with Crippen LogP contribution >= 0.6 is 0 Å². The number of carbonyl (C=O) groups is 1. The first-order chi connectivity index (χ1) is 8.83. The first-order valence-electron chi connectivity index (χ1n) is 5.87. The molecule has 18 heavy (non-hydrogen) atoms. The molecule has 0 saturated carbocycles. The number of hydrogen-bond acceptors (Lipinski definition) is 2. The molecule has 0 spiro atoms. The second-order valence-electron chi connectivity index (χ2n) is 4.24. The third-order valence-corrected chi connectivity index (χ3v) is 2.99. The van der Waals surface area contributed by atoms with Crippen molar-refractivity contribution >= 4 is 16.6 Å². The molecule has 2 nitrogen and oxygen atoms in total. The lowest BCUT2D eigenvalue weighted by Gasteiger charge is -2.02. The van der Waals surface area contributed by atoms with Gasteiger partial charge in [0, 0.05) is 5.56 Å². The summed E-state index contributed by atoms with van der Waals surface area (Å²) in [4.78, 5) is 12.1. The van der Waals surface area contributed by atoms with E-state index in [-0.39, 0.29) is 5.78 Å². The van der Waals surface area contributed by atoms with Gasteiger partial charge in [-0.05, 0) is 29.0 Å². The number of hydrogen-bond donors (Lipinski definition) is 0. The van der Waals surface area contributed by atoms with E-state index in [1.54, 1.807) is 12.3 Å². The molecule has 0 atom stereocenters. The Morgan fingerprint density at radius 2 is 1.78 bits per heavy atom. The van der Waals surface area contributed by atoms with Crippen molar-refractivity contribution in [1.82, 2.24) is 0 Å². The van der Waals surface area contributed by atoms with E-state index < -0.39 is 0 Å². The highest BCUT2D eigenvalue weighted by Gasteiger charge is 2.09. The maximum atomic E-state index is 12.1. The Labute approximate surface area is 105 Å². The van der Waals surface area contributed by atoms with Crippen LogP contribution < -0.4 is 0 Å². The molecular formula is C16H12O2. The molecule has 3 rings (SSSR count). The largest absolute Gasteiger partial charge is 0.469 e. The van der Waals surface area contributed by atoms with Crippen LogP contribution in [0.1, 0.15) is 16.1 Å². The van der Waals surface area contributed by atoms with Gasteiger partial charge in [-0.25, -0.2) is 0 Å². The molecule has 2 aromatic carbocycles. The summed E-state index contributed by atoms with van der Waals surface area (Å²) >= 11 is 0. The van der Waals surface area contributed by atoms with Crippen LogP contribution in [0.2, 0.25) is 0 Å². The summed E-state index contributed by atoms with van der Waals surface area (Å²) in [6, 6.07) is 17.4. The molecule has 0 aliphatic heterocycles. The van der Waals surface area contributed by atoms with E-state index in [0.717, 1.165) is 16.3 Å². The highest BCUT2D eigenvalue weighted by molar-refractivity contribution is 6.00. The van der Waals surface area contributed by atoms with Gasteiger partial charge in [-0.1, -0.05) is 36.4 Å². The number of Topliss-reactive ketones (excluding diaryl/α,β-unsaturated/α-hetero) is 1. The maximum absolute atomic E-state index is 12.1. The van der Waals surface area contributed by atoms with E-state index >= 15 is 0 Å². The SMILES string of the molecule is O=C(Cc1ccco1)c1ccc2ccccc2c1. The minimum absolute atomic E-state index is 0.0794. The van der Waals surface area contributed by atoms with Gasteiger partial charge in [0.2, 0.25) is 0 Å². The lowest BCUT2D eigenvalue weighted by Crippen LogP contribution is -2.02. The van der Waals surface area contributed by atoms with Crippen LogP contribution in [-0.2, 0) is 6.42 Å². The molecule has 0 saturated heterocycles. The summed E-state index contributed by atoms with van der Waals surface area (Å²) in [5, 5.41) is 2.23. The zero-order valence-corrected chi connectivity index (χ0v) is 9.80. The Bertz CT molecular complexity index is 681. The Morgan fingerprint density at radius 1 is 0.944 bits per heavy atom. The van der Waals surface area contributed by atoms with Crippen molar-refractivity contribution in [3.05, 3.63) is 72.2 Å². The molecule has 3 aromatic rings. The molecular weight excluding hydrogens is 224 g/mol. The van der Waals surface area contributed by atoms with Gasteiger partial charge in [0.25, 0.3) is 0 Å². The van der Waals surface area contributed by atoms with E-state index in [2.05, 4.69) is 0 Å². The van der Waals surface area contributed by atoms with Crippen molar-refractivity contribution in [2.45, 2.75) is 6.42 Å². The van der Waals surface area contributed by atoms with E-state index in [9.17, 15) is 4.79 Å². The Kier molecular flexibility index (Phi) is 2.69. The van der Waals surface area contributed by atoms with Gasteiger partial charge in [-0.15, -0.1) is 0 Å². The van der Waals surface area contributed by atoms with Crippen LogP contribution in [-0.4, -0.2) is 5.78 Å². The number of fused-ring (bicyclic) bond motifs is 1. The van der Waals surface area contributed by atoms with Crippen molar-refractivity contribution < 1.29 is 9.21 Å². The summed E-state index contributed by atoms with van der Waals surface area (Å²) in [5.41, 5.74) is 0.727. The lowest BCUT2D eigenvalue weighted by atomic mass is 10.0. The maximum Gasteiger partial charge on any atom is 0.170 e. The average molecular weight is 236 g/mol. The quantitative estimate of drug-likeness (QED) is 0.646. The van der Waals surface area contributed by atoms with Gasteiger partial charge in [0.05, 0.1) is 12.7 Å². The molecule has 1 heterocycles. The van der Waals surface area contributed by atoms with E-state index in [1.165, 1.54) is 0 Å². The second-order valence-corrected chi connectivity index (χ2v) is 4.24. The number of carbonyl (C=O) groups excluding carboxylic acids is 1. The first-order valence-corrected chi connectivity index (χ1v) is 5.87. The first kappa shape index (κ1) is 10.8. The van der Waals surface area contributed by atoms with Crippen molar-refractivity contribution in [3.8, 4) is 0 Å². The van der Waals surface area contributed by atoms with Crippen molar-refractivity contribution in [2.75, 3.05) is 0 Å². The zero-order valence-electron chi connectivity index (χ0n) is 9.80. The molecule has 2 heteroatoms. The number of benzene rings is 2. The molecule has 1 aromatic heterocycles. The summed E-state index contributed by atoms with van der Waals surface area (Å²) in [7, 11) is 0. The van der Waals surface area contributed by atoms with Gasteiger partial charge < -0.3 is 4.42 Å². The molecule has 0 radical (unpaired) electrons. The third kappa shape index (κ3) is 2.05. The molecule has 0 bridgehead atoms. The predicted octanol–water partition coefficient (Wildman–Crippen LogP) is 3.86. The van der Waals surface area contributed by atoms with Crippen LogP contribution in [0, 0.1) is 0 Å². The van der Waals surface area contributed by atoms with E-state index in [1.807, 2.05) is 48.5 Å². The van der Waals surface area contributed by atoms with Gasteiger partial charge >= 0.3 is 0 Å². The highest BCUT2D eigenvalue weighted by atomic mass is 16.3. The normalized spacial score (nSPS) is 10.7. The van der Waals surface area contributed by atoms with E-state index in [0.29, 0.717) is 12.2 Å². The van der Waals surface area contributed by atoms with Crippen molar-refractivity contribution in [3.63, 3.8) is 0 Å². The van der Waals surface area contributed by atoms with Crippen LogP contribution in [0.5, 0.6) is 0 Å². The van der Waals surface area contributed by atoms with Crippen LogP contribution in [0.25, 0.3) is 10.8 Å². The molecule has 0 fully saturated rings. The number of ketones is 1. The molecule has 0 aliphatic carbocycles. The zero-order chi connectivity index (χ0) is 12.4. The van der Waals surface area contributed by atoms with Crippen LogP contribution in [0.3, 0.4) is 0 Å². The second kappa shape index (κ2) is 4.49. The summed E-state index contributed by atoms with van der Waals surface area (Å²) in [6.45, 7) is 0. The summed E-state index contributed by atoms with van der Waals surface area (Å²) < 4.78 is 5.19. The van der Waals surface area contributed by atoms with Crippen molar-refractivity contribution in [1.29, 1.82) is 0 Å². The summed E-state index contributed by atoms with van der Waals surface area (Å²) in [6.07, 6.45) is 1.90. The fraction of sp³-hybridized carbons (Fsp3) is 0.0625. The van der Waals surface area contributed by atoms with Gasteiger partial charge in [-0.2, -0.15) is 0 Å². The minimum atomic E-state index is 0.0794. The highest BCUT2D eigenvalue weighted by Crippen LogP contribution is 2.17. The standard InChI is InChI=1S/C16H12O2/c17-16(11-15-6-3-9-18-15)14-8-7-12-4-1-2-5-13(12)10-14/h1-10H,11H2. The Hall–Kier alpha value is -2.35. The molecule has 0 N–H and O–H groups in total. The monoisotopic (exact) mass is 236 g/mol. The van der Waals surface area contributed by atoms with Gasteiger partial charge in [0.1, 0.15) is 5.76 Å². The molecule has 0 amide bonds. The predicted molar refractivity (Wildman–Crippen MR) is 70.7 cm³/mol. The topological polar surface area (TPSA) is 30.2 Å². The number of rotatable bonds is 3. The van der Waals surface area contributed by atoms with Crippen LogP contribution in [0.4, 0.5) is 0 Å². The smallest absolute Gasteiger partial charge is 0.170 e. The fourth-order valence-corrected chi connectivity index (χ4v) is 2.04. The van der Waals surface area contributed by atoms with E-state index in [4.69, 9.17) is 4.42 Å². The lowest BCUT2D eigenvalue weighted by molar-refractivity contribution is 0.0987. The fourth-order valence-electron chi connectivity index (χ4n) is 2.04. The average Bonchev–Trinajstić information content (AvgIpc) is 2.91. The van der Waals surface area contributed by atoms with Gasteiger partial charge in [-0.3, -0.25) is 4.79 Å². The molecule has 0 aliphatic rings. The van der Waals surface area contributed by atoms with Crippen LogP contribution in [0.15, 0.2) is 65.3 Å². The Balaban J connectivity index is 1.92. The number of furan rings is 1.